The van der Waals surface area contributed by atoms with Gasteiger partial charge in [-0.1, -0.05) is 6.58 Å². The molecule has 114 valence electrons. The van der Waals surface area contributed by atoms with Gasteiger partial charge in [0.1, 0.15) is 0 Å². The Morgan fingerprint density at radius 3 is 1.37 bits per heavy atom. The van der Waals surface area contributed by atoms with Crippen molar-refractivity contribution in [2.75, 3.05) is 52.9 Å². The molecule has 0 unspecified atom stereocenters. The van der Waals surface area contributed by atoms with Crippen LogP contribution < -0.4 is 0 Å². The first-order valence-corrected chi connectivity index (χ1v) is 5.90. The van der Waals surface area contributed by atoms with Crippen LogP contribution in [0.3, 0.4) is 0 Å². The fourth-order valence-corrected chi connectivity index (χ4v) is 0.671. The van der Waals surface area contributed by atoms with E-state index in [9.17, 15) is 4.79 Å². The van der Waals surface area contributed by atoms with Gasteiger partial charge < -0.3 is 29.5 Å². The van der Waals surface area contributed by atoms with E-state index >= 15 is 0 Å². The Bertz CT molecular complexity index is 196. The number of hydrogen-bond acceptors (Lipinski definition) is 6. The number of carboxylic acid groups (broad SMARTS) is 1. The lowest BCUT2D eigenvalue weighted by Gasteiger charge is -2.04. The summed E-state index contributed by atoms with van der Waals surface area (Å²) in [6.45, 7) is 7.37. The van der Waals surface area contributed by atoms with Gasteiger partial charge in [0, 0.05) is 5.57 Å². The second-order valence-electron chi connectivity index (χ2n) is 3.37. The molecule has 0 aromatic carbocycles. The van der Waals surface area contributed by atoms with Gasteiger partial charge in [0.2, 0.25) is 0 Å². The zero-order valence-electron chi connectivity index (χ0n) is 11.3. The Balaban J connectivity index is 0. The van der Waals surface area contributed by atoms with Gasteiger partial charge in [-0.3, -0.25) is 0 Å². The van der Waals surface area contributed by atoms with E-state index in [2.05, 4.69) is 6.58 Å². The quantitative estimate of drug-likeness (QED) is 0.351. The van der Waals surface area contributed by atoms with Crippen molar-refractivity contribution in [1.29, 1.82) is 0 Å². The largest absolute Gasteiger partial charge is 0.478 e. The van der Waals surface area contributed by atoms with Gasteiger partial charge in [0.15, 0.2) is 0 Å². The second-order valence-corrected chi connectivity index (χ2v) is 3.37. The summed E-state index contributed by atoms with van der Waals surface area (Å²) in [4.78, 5) is 9.60. The summed E-state index contributed by atoms with van der Waals surface area (Å²) in [6.07, 6.45) is 0. The van der Waals surface area contributed by atoms with Crippen LogP contribution in [0.4, 0.5) is 0 Å². The Morgan fingerprint density at radius 2 is 1.16 bits per heavy atom. The first-order chi connectivity index (χ1) is 9.06. The number of carboxylic acids is 1. The number of aliphatic hydroxyl groups excluding tert-OH is 2. The molecule has 0 saturated carbocycles. The van der Waals surface area contributed by atoms with Crippen LogP contribution in [0.2, 0.25) is 0 Å². The maximum Gasteiger partial charge on any atom is 0.330 e. The second kappa shape index (κ2) is 17.0. The molecule has 7 nitrogen and oxygen atoms in total. The van der Waals surface area contributed by atoms with E-state index in [1.54, 1.807) is 0 Å². The third-order valence-corrected chi connectivity index (χ3v) is 1.58. The summed E-state index contributed by atoms with van der Waals surface area (Å²) in [6, 6.07) is 0. The minimum absolute atomic E-state index is 0.0413. The number of ether oxygens (including phenoxy) is 3. The summed E-state index contributed by atoms with van der Waals surface area (Å²) in [5.41, 5.74) is 0.176. The molecule has 7 heteroatoms. The van der Waals surface area contributed by atoms with Crippen molar-refractivity contribution in [2.45, 2.75) is 6.92 Å². The monoisotopic (exact) mass is 280 g/mol. The first-order valence-electron chi connectivity index (χ1n) is 5.90. The van der Waals surface area contributed by atoms with Crippen LogP contribution in [0.1, 0.15) is 6.92 Å². The van der Waals surface area contributed by atoms with Crippen molar-refractivity contribution in [2.24, 2.45) is 0 Å². The van der Waals surface area contributed by atoms with Crippen molar-refractivity contribution in [3.8, 4) is 0 Å². The van der Waals surface area contributed by atoms with Gasteiger partial charge in [-0.25, -0.2) is 4.79 Å². The Morgan fingerprint density at radius 1 is 0.895 bits per heavy atom. The molecular formula is C12H24O7. The first kappa shape index (κ1) is 20.3. The summed E-state index contributed by atoms with van der Waals surface area (Å²) >= 11 is 0. The molecule has 19 heavy (non-hydrogen) atoms. The molecule has 0 saturated heterocycles. The lowest BCUT2D eigenvalue weighted by Crippen LogP contribution is -2.11. The van der Waals surface area contributed by atoms with Crippen LogP contribution in [-0.2, 0) is 19.0 Å². The number of aliphatic hydroxyl groups is 2. The van der Waals surface area contributed by atoms with E-state index in [0.717, 1.165) is 0 Å². The smallest absolute Gasteiger partial charge is 0.330 e. The molecule has 3 N–H and O–H groups in total. The van der Waals surface area contributed by atoms with E-state index < -0.39 is 5.97 Å². The van der Waals surface area contributed by atoms with Gasteiger partial charge in [-0.05, 0) is 6.92 Å². The standard InChI is InChI=1S/C8H18O5.C4H6O2/c9-1-3-11-5-7-13-8-6-12-4-2-10;1-3(2)4(5)6/h9-10H,1-8H2;1H2,2H3,(H,5,6). The molecule has 0 radical (unpaired) electrons. The van der Waals surface area contributed by atoms with E-state index in [1.165, 1.54) is 6.92 Å². The highest BCUT2D eigenvalue weighted by Gasteiger charge is 1.90. The van der Waals surface area contributed by atoms with E-state index in [1.807, 2.05) is 0 Å². The molecule has 0 heterocycles. The van der Waals surface area contributed by atoms with Gasteiger partial charge in [0.05, 0.1) is 52.9 Å². The zero-order chi connectivity index (χ0) is 14.9. The molecule has 0 amide bonds. The topological polar surface area (TPSA) is 105 Å². The molecular weight excluding hydrogens is 256 g/mol. The number of carbonyl (C=O) groups is 1. The van der Waals surface area contributed by atoms with Gasteiger partial charge in [0.25, 0.3) is 0 Å². The summed E-state index contributed by atoms with van der Waals surface area (Å²) in [7, 11) is 0. The minimum Gasteiger partial charge on any atom is -0.478 e. The predicted molar refractivity (Wildman–Crippen MR) is 69.1 cm³/mol. The molecule has 0 rings (SSSR count). The fourth-order valence-electron chi connectivity index (χ4n) is 0.671. The molecule has 0 fully saturated rings. The summed E-state index contributed by atoms with van der Waals surface area (Å²) in [5.74, 6) is -0.935. The van der Waals surface area contributed by atoms with E-state index in [0.29, 0.717) is 39.6 Å². The lowest BCUT2D eigenvalue weighted by atomic mass is 10.4. The van der Waals surface area contributed by atoms with Crippen molar-refractivity contribution in [1.82, 2.24) is 0 Å². The highest BCUT2D eigenvalue weighted by Crippen LogP contribution is 1.81. The maximum absolute atomic E-state index is 9.60. The van der Waals surface area contributed by atoms with Crippen LogP contribution in [0.25, 0.3) is 0 Å². The number of aliphatic carboxylic acids is 1. The third kappa shape index (κ3) is 22.6. The highest BCUT2D eigenvalue weighted by atomic mass is 16.5. The fraction of sp³-hybridized carbons (Fsp3) is 0.750. The molecule has 0 aliphatic heterocycles. The molecule has 0 bridgehead atoms. The van der Waals surface area contributed by atoms with Gasteiger partial charge >= 0.3 is 5.97 Å². The lowest BCUT2D eigenvalue weighted by molar-refractivity contribution is -0.132. The van der Waals surface area contributed by atoms with Crippen LogP contribution in [0.15, 0.2) is 12.2 Å². The minimum atomic E-state index is -0.935. The zero-order valence-corrected chi connectivity index (χ0v) is 11.3. The van der Waals surface area contributed by atoms with Gasteiger partial charge in [-0.15, -0.1) is 0 Å². The molecule has 0 aromatic heterocycles. The average Bonchev–Trinajstić information content (AvgIpc) is 2.37. The van der Waals surface area contributed by atoms with E-state index in [4.69, 9.17) is 29.5 Å². The Labute approximate surface area is 113 Å². The third-order valence-electron chi connectivity index (χ3n) is 1.58. The highest BCUT2D eigenvalue weighted by molar-refractivity contribution is 5.84. The van der Waals surface area contributed by atoms with Crippen molar-refractivity contribution in [3.63, 3.8) is 0 Å². The summed E-state index contributed by atoms with van der Waals surface area (Å²) in [5, 5.41) is 24.6. The normalized spacial score (nSPS) is 9.63. The molecule has 0 atom stereocenters. The Kier molecular flexibility index (Phi) is 18.2. The van der Waals surface area contributed by atoms with Crippen LogP contribution in [-0.4, -0.2) is 74.1 Å². The number of rotatable bonds is 11. The van der Waals surface area contributed by atoms with Crippen molar-refractivity contribution >= 4 is 5.97 Å². The number of hydrogen-bond donors (Lipinski definition) is 3. The van der Waals surface area contributed by atoms with Crippen LogP contribution in [0, 0.1) is 0 Å². The summed E-state index contributed by atoms with van der Waals surface area (Å²) < 4.78 is 15.0. The maximum atomic E-state index is 9.60. The molecule has 0 aliphatic rings. The average molecular weight is 280 g/mol. The Hall–Kier alpha value is -0.990. The van der Waals surface area contributed by atoms with E-state index in [-0.39, 0.29) is 18.8 Å². The van der Waals surface area contributed by atoms with Crippen LogP contribution >= 0.6 is 0 Å². The van der Waals surface area contributed by atoms with Crippen molar-refractivity contribution < 1.29 is 34.3 Å². The SMILES string of the molecule is C=C(C)C(=O)O.OCCOCCOCCOCCO. The molecule has 0 aromatic rings. The molecule has 0 spiro atoms. The predicted octanol–water partition coefficient (Wildman–Crippen LogP) is -0.332. The van der Waals surface area contributed by atoms with Crippen molar-refractivity contribution in [3.05, 3.63) is 12.2 Å². The van der Waals surface area contributed by atoms with Gasteiger partial charge in [-0.2, -0.15) is 0 Å². The molecule has 0 aliphatic carbocycles. The van der Waals surface area contributed by atoms with Crippen LogP contribution in [0.5, 0.6) is 0 Å².